The number of hydrogen-bond acceptors (Lipinski definition) is 5. The molecule has 1 amide bonds. The third kappa shape index (κ3) is 2.78. The number of carbonyl (C=O) groups excluding carboxylic acids is 1. The van der Waals surface area contributed by atoms with Gasteiger partial charge in [0.15, 0.2) is 17.5 Å². The van der Waals surface area contributed by atoms with Crippen LogP contribution in [-0.2, 0) is 6.42 Å². The monoisotopic (exact) mass is 336 g/mol. The zero-order valence-corrected chi connectivity index (χ0v) is 13.8. The first-order chi connectivity index (χ1) is 12.1. The van der Waals surface area contributed by atoms with Gasteiger partial charge in [-0.2, -0.15) is 5.10 Å². The molecular weight excluding hydrogens is 320 g/mol. The average molecular weight is 336 g/mol. The minimum atomic E-state index is -0.382. The normalized spacial score (nSPS) is 11.1. The molecule has 0 atom stereocenters. The van der Waals surface area contributed by atoms with Gasteiger partial charge in [-0.3, -0.25) is 9.89 Å². The van der Waals surface area contributed by atoms with Crippen LogP contribution < -0.4 is 5.32 Å². The summed E-state index contributed by atoms with van der Waals surface area (Å²) in [7, 11) is 0. The lowest BCUT2D eigenvalue weighted by atomic mass is 10.3. The number of aromatic nitrogens is 5. The number of rotatable bonds is 4. The molecule has 0 fully saturated rings. The molecule has 8 nitrogen and oxygen atoms in total. The summed E-state index contributed by atoms with van der Waals surface area (Å²) >= 11 is 0. The molecule has 126 valence electrons. The molecule has 4 rings (SSSR count). The minimum absolute atomic E-state index is 0.199. The van der Waals surface area contributed by atoms with Crippen LogP contribution in [0.3, 0.4) is 0 Å². The molecule has 0 aliphatic rings. The van der Waals surface area contributed by atoms with Gasteiger partial charge in [0.2, 0.25) is 5.76 Å². The molecule has 1 aromatic carbocycles. The van der Waals surface area contributed by atoms with E-state index in [0.717, 1.165) is 11.0 Å². The summed E-state index contributed by atoms with van der Waals surface area (Å²) in [5.41, 5.74) is 3.03. The molecule has 0 aliphatic carbocycles. The van der Waals surface area contributed by atoms with E-state index >= 15 is 0 Å². The Bertz CT molecular complexity index is 1030. The summed E-state index contributed by atoms with van der Waals surface area (Å²) in [5, 5.41) is 9.68. The number of hydrogen-bond donors (Lipinski definition) is 3. The number of amides is 1. The third-order valence-electron chi connectivity index (χ3n) is 3.81. The molecule has 3 heterocycles. The van der Waals surface area contributed by atoms with Crippen LogP contribution in [0.2, 0.25) is 0 Å². The van der Waals surface area contributed by atoms with E-state index in [1.54, 1.807) is 13.0 Å². The van der Waals surface area contributed by atoms with E-state index < -0.39 is 0 Å². The lowest BCUT2D eigenvalue weighted by Gasteiger charge is -1.98. The van der Waals surface area contributed by atoms with Gasteiger partial charge >= 0.3 is 0 Å². The van der Waals surface area contributed by atoms with Gasteiger partial charge in [0, 0.05) is 12.5 Å². The summed E-state index contributed by atoms with van der Waals surface area (Å²) in [6, 6.07) is 9.44. The second kappa shape index (κ2) is 5.90. The topological polar surface area (TPSA) is 112 Å². The average Bonchev–Trinajstić information content (AvgIpc) is 3.31. The van der Waals surface area contributed by atoms with Crippen molar-refractivity contribution in [1.82, 2.24) is 25.1 Å². The maximum Gasteiger partial charge on any atom is 0.294 e. The van der Waals surface area contributed by atoms with Crippen molar-refractivity contribution in [2.24, 2.45) is 0 Å². The van der Waals surface area contributed by atoms with Crippen LogP contribution in [0, 0.1) is 6.92 Å². The van der Waals surface area contributed by atoms with Gasteiger partial charge in [0.25, 0.3) is 5.91 Å². The van der Waals surface area contributed by atoms with Crippen molar-refractivity contribution in [1.29, 1.82) is 0 Å². The minimum Gasteiger partial charge on any atom is -0.435 e. The maximum absolute atomic E-state index is 12.3. The molecular formula is C17H16N6O2. The fraction of sp³-hybridized carbons (Fsp3) is 0.176. The fourth-order valence-electron chi connectivity index (χ4n) is 2.57. The smallest absolute Gasteiger partial charge is 0.294 e. The van der Waals surface area contributed by atoms with Crippen LogP contribution in [0.1, 0.15) is 29.1 Å². The van der Waals surface area contributed by atoms with E-state index in [2.05, 4.69) is 30.5 Å². The van der Waals surface area contributed by atoms with Gasteiger partial charge in [-0.25, -0.2) is 9.97 Å². The largest absolute Gasteiger partial charge is 0.435 e. The number of para-hydroxylation sites is 2. The molecule has 4 aromatic rings. The molecule has 0 saturated heterocycles. The lowest BCUT2D eigenvalue weighted by Crippen LogP contribution is -2.12. The van der Waals surface area contributed by atoms with E-state index in [1.807, 2.05) is 31.2 Å². The number of fused-ring (bicyclic) bond motifs is 1. The van der Waals surface area contributed by atoms with Gasteiger partial charge in [0.05, 0.1) is 16.7 Å². The van der Waals surface area contributed by atoms with E-state index in [9.17, 15) is 4.79 Å². The third-order valence-corrected chi connectivity index (χ3v) is 3.81. The molecule has 8 heteroatoms. The summed E-state index contributed by atoms with van der Waals surface area (Å²) in [4.78, 5) is 24.2. The maximum atomic E-state index is 12.3. The first kappa shape index (κ1) is 15.1. The van der Waals surface area contributed by atoms with Crippen molar-refractivity contribution < 1.29 is 9.21 Å². The van der Waals surface area contributed by atoms with Crippen LogP contribution in [0.15, 0.2) is 34.7 Å². The fourth-order valence-corrected chi connectivity index (χ4v) is 2.57. The number of nitrogens with zero attached hydrogens (tertiary/aromatic N) is 3. The van der Waals surface area contributed by atoms with Crippen LogP contribution >= 0.6 is 0 Å². The zero-order chi connectivity index (χ0) is 17.4. The Morgan fingerprint density at radius 2 is 2.12 bits per heavy atom. The Kier molecular flexibility index (Phi) is 3.57. The number of aromatic amines is 2. The van der Waals surface area contributed by atoms with Crippen molar-refractivity contribution in [3.8, 4) is 11.5 Å². The summed E-state index contributed by atoms with van der Waals surface area (Å²) < 4.78 is 5.45. The molecule has 3 aromatic heterocycles. The number of anilines is 1. The molecule has 0 bridgehead atoms. The van der Waals surface area contributed by atoms with Crippen molar-refractivity contribution in [3.05, 3.63) is 47.7 Å². The standard InChI is InChI=1S/C17H16N6O2/c1-3-14-18-9(2)15(25-14)17(24)21-13-8-12(22-23-13)16-19-10-6-4-5-7-11(10)20-16/h4-8H,3H2,1-2H3,(H,19,20)(H2,21,22,23,24). The summed E-state index contributed by atoms with van der Waals surface area (Å²) in [6.45, 7) is 3.65. The molecule has 3 N–H and O–H groups in total. The van der Waals surface area contributed by atoms with Gasteiger partial charge in [0.1, 0.15) is 5.69 Å². The lowest BCUT2D eigenvalue weighted by molar-refractivity contribution is 0.0994. The van der Waals surface area contributed by atoms with Crippen LogP contribution in [0.25, 0.3) is 22.6 Å². The predicted molar refractivity (Wildman–Crippen MR) is 92.2 cm³/mol. The Labute approximate surface area is 142 Å². The van der Waals surface area contributed by atoms with Crippen molar-refractivity contribution in [3.63, 3.8) is 0 Å². The van der Waals surface area contributed by atoms with Crippen LogP contribution in [0.4, 0.5) is 5.82 Å². The molecule has 0 unspecified atom stereocenters. The van der Waals surface area contributed by atoms with Gasteiger partial charge < -0.3 is 14.7 Å². The van der Waals surface area contributed by atoms with Crippen LogP contribution in [-0.4, -0.2) is 31.1 Å². The molecule has 0 radical (unpaired) electrons. The number of benzene rings is 1. The Morgan fingerprint density at radius 3 is 2.88 bits per heavy atom. The van der Waals surface area contributed by atoms with E-state index in [-0.39, 0.29) is 11.7 Å². The molecule has 0 saturated carbocycles. The number of carbonyl (C=O) groups is 1. The highest BCUT2D eigenvalue weighted by Gasteiger charge is 2.18. The Hall–Kier alpha value is -3.42. The van der Waals surface area contributed by atoms with Crippen molar-refractivity contribution in [2.45, 2.75) is 20.3 Å². The van der Waals surface area contributed by atoms with Crippen molar-refractivity contribution in [2.75, 3.05) is 5.32 Å². The highest BCUT2D eigenvalue weighted by molar-refractivity contribution is 6.02. The highest BCUT2D eigenvalue weighted by Crippen LogP contribution is 2.21. The van der Waals surface area contributed by atoms with Crippen molar-refractivity contribution >= 4 is 22.8 Å². The highest BCUT2D eigenvalue weighted by atomic mass is 16.4. The molecule has 0 aliphatic heterocycles. The summed E-state index contributed by atoms with van der Waals surface area (Å²) in [5.74, 6) is 1.39. The number of H-pyrrole nitrogens is 2. The summed E-state index contributed by atoms with van der Waals surface area (Å²) in [6.07, 6.45) is 0.632. The van der Waals surface area contributed by atoms with Gasteiger partial charge in [-0.05, 0) is 19.1 Å². The van der Waals surface area contributed by atoms with E-state index in [0.29, 0.717) is 35.3 Å². The van der Waals surface area contributed by atoms with Crippen LogP contribution in [0.5, 0.6) is 0 Å². The Balaban J connectivity index is 1.56. The number of nitrogens with one attached hydrogen (secondary N) is 3. The molecule has 0 spiro atoms. The predicted octanol–water partition coefficient (Wildman–Crippen LogP) is 3.06. The number of aryl methyl sites for hydroxylation is 2. The van der Waals surface area contributed by atoms with Gasteiger partial charge in [-0.1, -0.05) is 19.1 Å². The second-order valence-electron chi connectivity index (χ2n) is 5.60. The first-order valence-corrected chi connectivity index (χ1v) is 7.92. The first-order valence-electron chi connectivity index (χ1n) is 7.92. The zero-order valence-electron chi connectivity index (χ0n) is 13.8. The number of oxazole rings is 1. The molecule has 25 heavy (non-hydrogen) atoms. The quantitative estimate of drug-likeness (QED) is 0.530. The van der Waals surface area contributed by atoms with E-state index in [4.69, 9.17) is 4.42 Å². The SMILES string of the molecule is CCc1nc(C)c(C(=O)Nc2cc(-c3nc4ccccc4[nH]3)[nH]n2)o1. The Morgan fingerprint density at radius 1 is 1.28 bits per heavy atom. The second-order valence-corrected chi connectivity index (χ2v) is 5.60. The number of imidazole rings is 1. The van der Waals surface area contributed by atoms with Gasteiger partial charge in [-0.15, -0.1) is 0 Å². The van der Waals surface area contributed by atoms with E-state index in [1.165, 1.54) is 0 Å².